The number of aromatic nitrogens is 1. The zero-order valence-electron chi connectivity index (χ0n) is 13.6. The van der Waals surface area contributed by atoms with E-state index in [0.29, 0.717) is 37.6 Å². The van der Waals surface area contributed by atoms with Crippen LogP contribution < -0.4 is 0 Å². The maximum atomic E-state index is 12.9. The maximum Gasteiger partial charge on any atom is 0.281 e. The molecule has 1 aliphatic heterocycles. The van der Waals surface area contributed by atoms with Crippen LogP contribution in [0.2, 0.25) is 0 Å². The van der Waals surface area contributed by atoms with E-state index in [4.69, 9.17) is 4.42 Å². The van der Waals surface area contributed by atoms with E-state index in [1.807, 2.05) is 0 Å². The number of rotatable bonds is 5. The van der Waals surface area contributed by atoms with Crippen LogP contribution >= 0.6 is 0 Å². The first-order chi connectivity index (χ1) is 11.4. The molecule has 1 aliphatic rings. The monoisotopic (exact) mass is 353 g/mol. The Hall–Kier alpha value is -1.77. The Morgan fingerprint density at radius 1 is 1.33 bits per heavy atom. The molecule has 130 valence electrons. The van der Waals surface area contributed by atoms with Crippen LogP contribution in [0.1, 0.15) is 29.6 Å². The Morgan fingerprint density at radius 2 is 2.04 bits per heavy atom. The highest BCUT2D eigenvalue weighted by atomic mass is 32.2. The van der Waals surface area contributed by atoms with E-state index in [9.17, 15) is 12.8 Å². The topological polar surface area (TPSA) is 66.7 Å². The molecule has 1 fully saturated rings. The van der Waals surface area contributed by atoms with Gasteiger partial charge in [0.15, 0.2) is 5.89 Å². The van der Waals surface area contributed by atoms with Gasteiger partial charge < -0.3 is 4.42 Å². The number of hydrogen-bond acceptors (Lipinski definition) is 4. The maximum absolute atomic E-state index is 12.9. The molecule has 0 aliphatic carbocycles. The molecule has 8 heteroatoms. The fourth-order valence-electron chi connectivity index (χ4n) is 2.77. The highest BCUT2D eigenvalue weighted by Gasteiger charge is 2.35. The first-order valence-electron chi connectivity index (χ1n) is 7.73. The van der Waals surface area contributed by atoms with Crippen molar-refractivity contribution in [3.8, 4) is 0 Å². The van der Waals surface area contributed by atoms with Crippen LogP contribution in [0, 0.1) is 5.82 Å². The molecule has 0 saturated carbocycles. The second-order valence-electron chi connectivity index (χ2n) is 6.10. The highest BCUT2D eigenvalue weighted by molar-refractivity contribution is 7.86. The quantitative estimate of drug-likeness (QED) is 0.825. The molecule has 0 radical (unpaired) electrons. The van der Waals surface area contributed by atoms with Crippen molar-refractivity contribution in [1.82, 2.24) is 13.6 Å². The fourth-order valence-corrected chi connectivity index (χ4v) is 3.93. The van der Waals surface area contributed by atoms with Gasteiger partial charge in [0.05, 0.1) is 12.1 Å². The van der Waals surface area contributed by atoms with Crippen molar-refractivity contribution in [3.63, 3.8) is 0 Å². The van der Waals surface area contributed by atoms with Gasteiger partial charge in [-0.15, -0.1) is 0 Å². The summed E-state index contributed by atoms with van der Waals surface area (Å²) in [7, 11) is -0.357. The van der Waals surface area contributed by atoms with E-state index in [2.05, 4.69) is 4.98 Å². The lowest BCUT2D eigenvalue weighted by Crippen LogP contribution is -2.38. The van der Waals surface area contributed by atoms with E-state index in [0.717, 1.165) is 5.56 Å². The second kappa shape index (κ2) is 6.62. The Labute approximate surface area is 141 Å². The van der Waals surface area contributed by atoms with E-state index < -0.39 is 10.2 Å². The summed E-state index contributed by atoms with van der Waals surface area (Å²) in [5.41, 5.74) is 0.933. The number of nitrogens with zero attached hydrogens (tertiary/aromatic N) is 3. The number of halogens is 1. The molecule has 0 amide bonds. The van der Waals surface area contributed by atoms with E-state index in [1.54, 1.807) is 18.3 Å². The predicted molar refractivity (Wildman–Crippen MR) is 87.2 cm³/mol. The smallest absolute Gasteiger partial charge is 0.281 e. The van der Waals surface area contributed by atoms with Gasteiger partial charge in [0.25, 0.3) is 10.2 Å². The summed E-state index contributed by atoms with van der Waals surface area (Å²) >= 11 is 0. The molecular formula is C16H20FN3O3S. The molecule has 0 unspecified atom stereocenters. The summed E-state index contributed by atoms with van der Waals surface area (Å²) in [5.74, 6) is 0.931. The van der Waals surface area contributed by atoms with Crippen LogP contribution in [-0.2, 0) is 16.6 Å². The van der Waals surface area contributed by atoms with Gasteiger partial charge >= 0.3 is 0 Å². The zero-order chi connectivity index (χ0) is 17.3. The first kappa shape index (κ1) is 17.1. The lowest BCUT2D eigenvalue weighted by Gasteiger charge is -2.20. The molecule has 0 bridgehead atoms. The predicted octanol–water partition coefficient (Wildman–Crippen LogP) is 2.00. The van der Waals surface area contributed by atoms with Crippen molar-refractivity contribution < 1.29 is 17.2 Å². The number of oxazole rings is 1. The zero-order valence-corrected chi connectivity index (χ0v) is 14.5. The third-order valence-electron chi connectivity index (χ3n) is 4.15. The molecule has 2 heterocycles. The standard InChI is InChI=1S/C16H20FN3O3S/c1-19(2)24(21,22)20-8-7-13(11-20)16-18-10-15(23-16)9-12-3-5-14(17)6-4-12/h3-6,10,13H,7-9,11H2,1-2H3/t13-/m0/s1. The average Bonchev–Trinajstić information content (AvgIpc) is 3.18. The average molecular weight is 353 g/mol. The van der Waals surface area contributed by atoms with Crippen LogP contribution in [0.4, 0.5) is 4.39 Å². The Kier molecular flexibility index (Phi) is 4.71. The van der Waals surface area contributed by atoms with Gasteiger partial charge in [-0.2, -0.15) is 17.0 Å². The van der Waals surface area contributed by atoms with Crippen molar-refractivity contribution in [2.24, 2.45) is 0 Å². The minimum atomic E-state index is -3.40. The van der Waals surface area contributed by atoms with Crippen molar-refractivity contribution >= 4 is 10.2 Å². The van der Waals surface area contributed by atoms with Crippen LogP contribution in [0.5, 0.6) is 0 Å². The van der Waals surface area contributed by atoms with Crippen LogP contribution in [-0.4, -0.2) is 49.2 Å². The lowest BCUT2D eigenvalue weighted by molar-refractivity contribution is 0.400. The molecule has 24 heavy (non-hydrogen) atoms. The molecular weight excluding hydrogens is 333 g/mol. The van der Waals surface area contributed by atoms with Crippen molar-refractivity contribution in [1.29, 1.82) is 0 Å². The minimum Gasteiger partial charge on any atom is -0.445 e. The number of hydrogen-bond donors (Lipinski definition) is 0. The molecule has 2 aromatic rings. The van der Waals surface area contributed by atoms with E-state index in [1.165, 1.54) is 34.8 Å². The highest BCUT2D eigenvalue weighted by Crippen LogP contribution is 2.29. The van der Waals surface area contributed by atoms with Gasteiger partial charge in [-0.05, 0) is 24.1 Å². The van der Waals surface area contributed by atoms with Crippen molar-refractivity contribution in [3.05, 3.63) is 53.5 Å². The molecule has 3 rings (SSSR count). The SMILES string of the molecule is CN(C)S(=O)(=O)N1CC[C@H](c2ncc(Cc3ccc(F)cc3)o2)C1. The summed E-state index contributed by atoms with van der Waals surface area (Å²) in [6.45, 7) is 0.831. The van der Waals surface area contributed by atoms with Gasteiger partial charge in [-0.25, -0.2) is 9.37 Å². The molecule has 6 nitrogen and oxygen atoms in total. The molecule has 1 saturated heterocycles. The lowest BCUT2D eigenvalue weighted by atomic mass is 10.1. The largest absolute Gasteiger partial charge is 0.445 e. The summed E-state index contributed by atoms with van der Waals surface area (Å²) in [4.78, 5) is 4.30. The molecule has 1 aromatic carbocycles. The van der Waals surface area contributed by atoms with Gasteiger partial charge in [0, 0.05) is 33.6 Å². The van der Waals surface area contributed by atoms with Crippen LogP contribution in [0.3, 0.4) is 0 Å². The summed E-state index contributed by atoms with van der Waals surface area (Å²) in [6.07, 6.45) is 2.87. The van der Waals surface area contributed by atoms with Gasteiger partial charge in [-0.1, -0.05) is 12.1 Å². The van der Waals surface area contributed by atoms with Crippen LogP contribution in [0.15, 0.2) is 34.9 Å². The third-order valence-corrected chi connectivity index (χ3v) is 6.06. The van der Waals surface area contributed by atoms with Crippen LogP contribution in [0.25, 0.3) is 0 Å². The molecule has 1 atom stereocenters. The van der Waals surface area contributed by atoms with Crippen molar-refractivity contribution in [2.45, 2.75) is 18.8 Å². The molecule has 0 N–H and O–H groups in total. The van der Waals surface area contributed by atoms with Crippen molar-refractivity contribution in [2.75, 3.05) is 27.2 Å². The third kappa shape index (κ3) is 3.50. The molecule has 1 aromatic heterocycles. The number of benzene rings is 1. The Balaban J connectivity index is 1.67. The second-order valence-corrected chi connectivity index (χ2v) is 8.24. The molecule has 0 spiro atoms. The summed E-state index contributed by atoms with van der Waals surface area (Å²) in [5, 5.41) is 0. The first-order valence-corrected chi connectivity index (χ1v) is 9.12. The Bertz CT molecular complexity index is 802. The van der Waals surface area contributed by atoms with Gasteiger partial charge in [-0.3, -0.25) is 0 Å². The van der Waals surface area contributed by atoms with E-state index in [-0.39, 0.29) is 11.7 Å². The summed E-state index contributed by atoms with van der Waals surface area (Å²) in [6, 6.07) is 6.23. The van der Waals surface area contributed by atoms with Gasteiger partial charge in [0.2, 0.25) is 0 Å². The van der Waals surface area contributed by atoms with Gasteiger partial charge in [0.1, 0.15) is 11.6 Å². The normalized spacial score (nSPS) is 19.2. The summed E-state index contributed by atoms with van der Waals surface area (Å²) < 4.78 is 45.7. The fraction of sp³-hybridized carbons (Fsp3) is 0.438. The Morgan fingerprint density at radius 3 is 2.71 bits per heavy atom. The minimum absolute atomic E-state index is 0.0401. The van der Waals surface area contributed by atoms with E-state index >= 15 is 0 Å².